The molecule has 1 aliphatic rings. The van der Waals surface area contributed by atoms with Crippen LogP contribution in [0.1, 0.15) is 5.69 Å². The number of hydrogen-bond acceptors (Lipinski definition) is 5. The number of β-amino-alcohol motifs (C(OH)–C–C–N with tert-alkyl or cyclic N) is 1. The van der Waals surface area contributed by atoms with Crippen LogP contribution in [0.5, 0.6) is 0 Å². The van der Waals surface area contributed by atoms with Crippen LogP contribution >= 0.6 is 0 Å². The van der Waals surface area contributed by atoms with Gasteiger partial charge in [-0.1, -0.05) is 18.2 Å². The normalized spacial score (nSPS) is 22.5. The largest absolute Gasteiger partial charge is 0.390 e. The van der Waals surface area contributed by atoms with Gasteiger partial charge in [0.2, 0.25) is 10.0 Å². The first-order valence-electron chi connectivity index (χ1n) is 7.51. The van der Waals surface area contributed by atoms with Gasteiger partial charge in [-0.25, -0.2) is 13.4 Å². The van der Waals surface area contributed by atoms with E-state index in [0.29, 0.717) is 6.54 Å². The fourth-order valence-corrected chi connectivity index (χ4v) is 4.21. The van der Waals surface area contributed by atoms with E-state index in [-0.39, 0.29) is 24.0 Å². The summed E-state index contributed by atoms with van der Waals surface area (Å²) in [5, 5.41) is 13.4. The average Bonchev–Trinajstić information content (AvgIpc) is 3.19. The van der Waals surface area contributed by atoms with E-state index in [0.717, 1.165) is 12.1 Å². The monoisotopic (exact) mass is 336 g/mol. The summed E-state index contributed by atoms with van der Waals surface area (Å²) in [7, 11) is -3.56. The lowest BCUT2D eigenvalue weighted by Crippen LogP contribution is -2.40. The molecule has 0 aliphatic carbocycles. The Kier molecular flexibility index (Phi) is 4.76. The zero-order valence-electron chi connectivity index (χ0n) is 12.6. The minimum absolute atomic E-state index is 0.110. The highest BCUT2D eigenvalue weighted by molar-refractivity contribution is 7.89. The van der Waals surface area contributed by atoms with E-state index in [2.05, 4.69) is 15.3 Å². The molecule has 1 saturated heterocycles. The van der Waals surface area contributed by atoms with Crippen LogP contribution in [0.25, 0.3) is 0 Å². The first-order valence-corrected chi connectivity index (χ1v) is 8.95. The SMILES string of the molecule is O=S(=O)(c1ccccc1)N1C[C@@H](O)[C@H](NCCc2cnc[nH]2)C1. The second-order valence-corrected chi connectivity index (χ2v) is 7.53. The molecule has 1 aliphatic heterocycles. The van der Waals surface area contributed by atoms with Gasteiger partial charge in [0.25, 0.3) is 0 Å². The number of imidazole rings is 1. The van der Waals surface area contributed by atoms with E-state index in [4.69, 9.17) is 0 Å². The Bertz CT molecular complexity index is 718. The average molecular weight is 336 g/mol. The van der Waals surface area contributed by atoms with Crippen LogP contribution in [-0.2, 0) is 16.4 Å². The smallest absolute Gasteiger partial charge is 0.243 e. The fraction of sp³-hybridized carbons (Fsp3) is 0.400. The molecular weight excluding hydrogens is 316 g/mol. The lowest BCUT2D eigenvalue weighted by atomic mass is 10.2. The van der Waals surface area contributed by atoms with Gasteiger partial charge in [-0.15, -0.1) is 0 Å². The summed E-state index contributed by atoms with van der Waals surface area (Å²) in [6.45, 7) is 1.02. The van der Waals surface area contributed by atoms with Crippen LogP contribution < -0.4 is 5.32 Å². The van der Waals surface area contributed by atoms with Gasteiger partial charge in [0.1, 0.15) is 0 Å². The van der Waals surface area contributed by atoms with Crippen molar-refractivity contribution in [3.05, 3.63) is 48.5 Å². The van der Waals surface area contributed by atoms with E-state index in [1.54, 1.807) is 42.9 Å². The van der Waals surface area contributed by atoms with E-state index in [1.165, 1.54) is 4.31 Å². The van der Waals surface area contributed by atoms with Crippen molar-refractivity contribution >= 4 is 10.0 Å². The van der Waals surface area contributed by atoms with Gasteiger partial charge in [0, 0.05) is 44.0 Å². The van der Waals surface area contributed by atoms with Gasteiger partial charge in [-0.05, 0) is 12.1 Å². The number of H-pyrrole nitrogens is 1. The molecule has 1 fully saturated rings. The standard InChI is InChI=1S/C15H20N4O3S/c20-15-10-19(23(21,22)13-4-2-1-3-5-13)9-14(15)17-7-6-12-8-16-11-18-12/h1-5,8,11,14-15,17,20H,6-7,9-10H2,(H,16,18)/t14-,15-/m1/s1. The predicted octanol–water partition coefficient (Wildman–Crippen LogP) is -0.0242. The Labute approximate surface area is 135 Å². The summed E-state index contributed by atoms with van der Waals surface area (Å²) >= 11 is 0. The molecule has 7 nitrogen and oxygen atoms in total. The first kappa shape index (κ1) is 16.1. The molecule has 0 amide bonds. The molecule has 0 saturated carbocycles. The highest BCUT2D eigenvalue weighted by atomic mass is 32.2. The summed E-state index contributed by atoms with van der Waals surface area (Å²) in [4.78, 5) is 7.21. The van der Waals surface area contributed by atoms with Crippen LogP contribution in [0.3, 0.4) is 0 Å². The second-order valence-electron chi connectivity index (χ2n) is 5.59. The molecular formula is C15H20N4O3S. The van der Waals surface area contributed by atoms with Crippen molar-refractivity contribution in [3.8, 4) is 0 Å². The zero-order valence-corrected chi connectivity index (χ0v) is 13.4. The zero-order chi connectivity index (χ0) is 16.3. The molecule has 2 heterocycles. The van der Waals surface area contributed by atoms with Crippen LogP contribution in [0.4, 0.5) is 0 Å². The van der Waals surface area contributed by atoms with Crippen LogP contribution in [0.15, 0.2) is 47.8 Å². The molecule has 0 radical (unpaired) electrons. The molecule has 0 spiro atoms. The lowest BCUT2D eigenvalue weighted by Gasteiger charge is -2.17. The third kappa shape index (κ3) is 3.61. The molecule has 1 aromatic heterocycles. The number of benzene rings is 1. The third-order valence-electron chi connectivity index (χ3n) is 3.99. The van der Waals surface area contributed by atoms with Gasteiger partial charge >= 0.3 is 0 Å². The van der Waals surface area contributed by atoms with E-state index in [9.17, 15) is 13.5 Å². The van der Waals surface area contributed by atoms with Crippen molar-refractivity contribution in [1.82, 2.24) is 19.6 Å². The Morgan fingerprint density at radius 1 is 1.30 bits per heavy atom. The summed E-state index contributed by atoms with van der Waals surface area (Å²) in [6.07, 6.45) is 3.40. The van der Waals surface area contributed by atoms with E-state index < -0.39 is 16.1 Å². The van der Waals surface area contributed by atoms with Crippen LogP contribution in [0.2, 0.25) is 0 Å². The van der Waals surface area contributed by atoms with Crippen molar-refractivity contribution in [2.75, 3.05) is 19.6 Å². The fourth-order valence-electron chi connectivity index (χ4n) is 2.70. The number of aromatic nitrogens is 2. The van der Waals surface area contributed by atoms with E-state index >= 15 is 0 Å². The van der Waals surface area contributed by atoms with Crippen LogP contribution in [-0.4, -0.2) is 59.6 Å². The Hall–Kier alpha value is -1.74. The van der Waals surface area contributed by atoms with Gasteiger partial charge in [-0.2, -0.15) is 4.31 Å². The molecule has 124 valence electrons. The Morgan fingerprint density at radius 2 is 2.09 bits per heavy atom. The van der Waals surface area contributed by atoms with Crippen molar-refractivity contribution in [1.29, 1.82) is 0 Å². The third-order valence-corrected chi connectivity index (χ3v) is 5.84. The topological polar surface area (TPSA) is 98.3 Å². The summed E-state index contributed by atoms with van der Waals surface area (Å²) in [5.41, 5.74) is 0.999. The van der Waals surface area contributed by atoms with E-state index in [1.807, 2.05) is 0 Å². The maximum Gasteiger partial charge on any atom is 0.243 e. The van der Waals surface area contributed by atoms with Gasteiger partial charge < -0.3 is 15.4 Å². The summed E-state index contributed by atoms with van der Waals surface area (Å²) in [6, 6.07) is 8.04. The molecule has 0 unspecified atom stereocenters. The molecule has 2 atom stereocenters. The second kappa shape index (κ2) is 6.79. The Morgan fingerprint density at radius 3 is 2.78 bits per heavy atom. The number of hydrogen-bond donors (Lipinski definition) is 3. The number of sulfonamides is 1. The number of rotatable bonds is 6. The molecule has 3 N–H and O–H groups in total. The molecule has 8 heteroatoms. The molecule has 3 rings (SSSR count). The van der Waals surface area contributed by atoms with Gasteiger partial charge in [-0.3, -0.25) is 0 Å². The summed E-state index contributed by atoms with van der Waals surface area (Å²) in [5.74, 6) is 0. The molecule has 0 bridgehead atoms. The van der Waals surface area contributed by atoms with Crippen molar-refractivity contribution < 1.29 is 13.5 Å². The molecule has 2 aromatic rings. The highest BCUT2D eigenvalue weighted by Crippen LogP contribution is 2.21. The number of aromatic amines is 1. The first-order chi connectivity index (χ1) is 11.1. The van der Waals surface area contributed by atoms with Crippen molar-refractivity contribution in [2.24, 2.45) is 0 Å². The Balaban J connectivity index is 1.59. The number of nitrogens with zero attached hydrogens (tertiary/aromatic N) is 2. The van der Waals surface area contributed by atoms with Crippen LogP contribution in [0, 0.1) is 0 Å². The van der Waals surface area contributed by atoms with Crippen molar-refractivity contribution in [2.45, 2.75) is 23.5 Å². The number of aliphatic hydroxyl groups is 1. The quantitative estimate of drug-likeness (QED) is 0.688. The predicted molar refractivity (Wildman–Crippen MR) is 85.3 cm³/mol. The number of aliphatic hydroxyl groups excluding tert-OH is 1. The maximum absolute atomic E-state index is 12.6. The van der Waals surface area contributed by atoms with Crippen molar-refractivity contribution in [3.63, 3.8) is 0 Å². The minimum atomic E-state index is -3.56. The molecule has 1 aromatic carbocycles. The van der Waals surface area contributed by atoms with Gasteiger partial charge in [0.15, 0.2) is 0 Å². The minimum Gasteiger partial charge on any atom is -0.390 e. The molecule has 23 heavy (non-hydrogen) atoms. The lowest BCUT2D eigenvalue weighted by molar-refractivity contribution is 0.160. The van der Waals surface area contributed by atoms with Gasteiger partial charge in [0.05, 0.1) is 17.3 Å². The maximum atomic E-state index is 12.6. The number of nitrogens with one attached hydrogen (secondary N) is 2. The highest BCUT2D eigenvalue weighted by Gasteiger charge is 2.38. The summed E-state index contributed by atoms with van der Waals surface area (Å²) < 4.78 is 26.5.